The number of halogens is 2. The predicted molar refractivity (Wildman–Crippen MR) is 64.6 cm³/mol. The van der Waals surface area contributed by atoms with E-state index in [9.17, 15) is 14.5 Å². The maximum atomic E-state index is 13.6. The van der Waals surface area contributed by atoms with Crippen molar-refractivity contribution >= 4 is 23.0 Å². The molecule has 0 fully saturated rings. The second-order valence-corrected chi connectivity index (χ2v) is 3.72. The third-order valence-electron chi connectivity index (χ3n) is 2.13. The summed E-state index contributed by atoms with van der Waals surface area (Å²) in [5.74, 6) is -1.30. The van der Waals surface area contributed by atoms with Crippen LogP contribution in [0, 0.1) is 15.9 Å². The van der Waals surface area contributed by atoms with Gasteiger partial charge in [-0.15, -0.1) is 0 Å². The number of nitrogens with two attached hydrogens (primary N) is 1. The number of nitrogen functional groups attached to an aromatic ring is 1. The van der Waals surface area contributed by atoms with Crippen LogP contribution in [0.5, 0.6) is 11.6 Å². The number of nitrogens with zero attached hydrogens (tertiary/aromatic N) is 3. The normalized spacial score (nSPS) is 10.2. The molecule has 1 aromatic heterocycles. The second kappa shape index (κ2) is 5.02. The number of anilines is 1. The largest absolute Gasteiger partial charge is 0.434 e. The van der Waals surface area contributed by atoms with Crippen molar-refractivity contribution in [1.82, 2.24) is 9.97 Å². The number of hydrogen-bond acceptors (Lipinski definition) is 6. The molecule has 2 N–H and O–H groups in total. The molecule has 0 saturated heterocycles. The van der Waals surface area contributed by atoms with Crippen molar-refractivity contribution < 1.29 is 14.1 Å². The molecule has 9 heteroatoms. The van der Waals surface area contributed by atoms with Gasteiger partial charge in [0.2, 0.25) is 5.88 Å². The summed E-state index contributed by atoms with van der Waals surface area (Å²) in [7, 11) is 0. The molecule has 1 heterocycles. The average molecular weight is 285 g/mol. The molecule has 0 aliphatic heterocycles. The van der Waals surface area contributed by atoms with Gasteiger partial charge in [0.05, 0.1) is 11.0 Å². The number of hydrogen-bond donors (Lipinski definition) is 1. The van der Waals surface area contributed by atoms with Crippen molar-refractivity contribution in [3.05, 3.63) is 45.6 Å². The first-order valence-electron chi connectivity index (χ1n) is 4.87. The first-order chi connectivity index (χ1) is 8.99. The molecular weight excluding hydrogens is 279 g/mol. The number of rotatable bonds is 3. The quantitative estimate of drug-likeness (QED) is 0.527. The summed E-state index contributed by atoms with van der Waals surface area (Å²) in [5.41, 5.74) is 5.10. The Labute approximate surface area is 111 Å². The van der Waals surface area contributed by atoms with Crippen molar-refractivity contribution in [2.24, 2.45) is 0 Å². The highest BCUT2D eigenvalue weighted by molar-refractivity contribution is 6.32. The molecule has 7 nitrogen and oxygen atoms in total. The molecule has 19 heavy (non-hydrogen) atoms. The van der Waals surface area contributed by atoms with Gasteiger partial charge in [0.1, 0.15) is 12.0 Å². The van der Waals surface area contributed by atoms with Gasteiger partial charge in [-0.05, 0) is 6.07 Å². The van der Waals surface area contributed by atoms with E-state index in [1.165, 1.54) is 0 Å². The number of nitro groups is 1. The average Bonchev–Trinajstić information content (AvgIpc) is 2.37. The van der Waals surface area contributed by atoms with Gasteiger partial charge in [0, 0.05) is 6.07 Å². The lowest BCUT2D eigenvalue weighted by molar-refractivity contribution is -0.385. The SMILES string of the molecule is Nc1c(Cl)ncnc1Oc1ccc([N+](=O)[O-])cc1F. The Morgan fingerprint density at radius 2 is 2.16 bits per heavy atom. The molecule has 1 aromatic carbocycles. The molecule has 0 amide bonds. The third kappa shape index (κ3) is 2.68. The van der Waals surface area contributed by atoms with Crippen molar-refractivity contribution in [3.8, 4) is 11.6 Å². The zero-order valence-corrected chi connectivity index (χ0v) is 9.96. The Kier molecular flexibility index (Phi) is 3.43. The van der Waals surface area contributed by atoms with Crippen LogP contribution in [0.3, 0.4) is 0 Å². The lowest BCUT2D eigenvalue weighted by atomic mass is 10.3. The predicted octanol–water partition coefficient (Wildman–Crippen LogP) is 2.55. The fraction of sp³-hybridized carbons (Fsp3) is 0. The van der Waals surface area contributed by atoms with Crippen LogP contribution < -0.4 is 10.5 Å². The summed E-state index contributed by atoms with van der Waals surface area (Å²) in [6, 6.07) is 2.93. The van der Waals surface area contributed by atoms with Crippen LogP contribution in [-0.2, 0) is 0 Å². The van der Waals surface area contributed by atoms with E-state index in [1.54, 1.807) is 0 Å². The van der Waals surface area contributed by atoms with Gasteiger partial charge >= 0.3 is 0 Å². The standard InChI is InChI=1S/C10H6ClFN4O3/c11-9-8(13)10(15-4-14-9)19-7-2-1-5(16(17)18)3-6(7)12/h1-4H,13H2. The van der Waals surface area contributed by atoms with E-state index in [0.29, 0.717) is 0 Å². The van der Waals surface area contributed by atoms with E-state index in [0.717, 1.165) is 24.5 Å². The Hall–Kier alpha value is -2.48. The monoisotopic (exact) mass is 284 g/mol. The third-order valence-corrected chi connectivity index (χ3v) is 2.43. The zero-order chi connectivity index (χ0) is 14.0. The summed E-state index contributed by atoms with van der Waals surface area (Å²) in [5, 5.41) is 10.4. The molecule has 2 rings (SSSR count). The maximum absolute atomic E-state index is 13.6. The Bertz CT molecular complexity index is 653. The minimum atomic E-state index is -0.914. The number of non-ortho nitro benzene ring substituents is 1. The molecule has 0 spiro atoms. The van der Waals surface area contributed by atoms with Crippen LogP contribution in [0.2, 0.25) is 5.15 Å². The van der Waals surface area contributed by atoms with Crippen molar-refractivity contribution in [1.29, 1.82) is 0 Å². The number of nitro benzene ring substituents is 1. The minimum absolute atomic E-state index is 0.0349. The lowest BCUT2D eigenvalue weighted by Gasteiger charge is -2.07. The van der Waals surface area contributed by atoms with E-state index >= 15 is 0 Å². The summed E-state index contributed by atoms with van der Waals surface area (Å²) in [4.78, 5) is 17.0. The van der Waals surface area contributed by atoms with Gasteiger partial charge in [0.25, 0.3) is 5.69 Å². The fourth-order valence-corrected chi connectivity index (χ4v) is 1.36. The van der Waals surface area contributed by atoms with Gasteiger partial charge in [-0.1, -0.05) is 11.6 Å². The van der Waals surface area contributed by atoms with Crippen molar-refractivity contribution in [2.45, 2.75) is 0 Å². The number of benzene rings is 1. The molecule has 0 radical (unpaired) electrons. The summed E-state index contributed by atoms with van der Waals surface area (Å²) in [6.07, 6.45) is 1.09. The van der Waals surface area contributed by atoms with Crippen LogP contribution in [0.4, 0.5) is 15.8 Å². The van der Waals surface area contributed by atoms with Gasteiger partial charge < -0.3 is 10.5 Å². The van der Waals surface area contributed by atoms with E-state index in [2.05, 4.69) is 9.97 Å². The molecule has 0 aliphatic carbocycles. The van der Waals surface area contributed by atoms with Crippen molar-refractivity contribution in [2.75, 3.05) is 5.73 Å². The molecular formula is C10H6ClFN4O3. The van der Waals surface area contributed by atoms with Gasteiger partial charge in [0.15, 0.2) is 16.7 Å². The molecule has 0 atom stereocenters. The first-order valence-corrected chi connectivity index (χ1v) is 5.24. The Morgan fingerprint density at radius 1 is 1.42 bits per heavy atom. The van der Waals surface area contributed by atoms with E-state index in [1.807, 2.05) is 0 Å². The van der Waals surface area contributed by atoms with Gasteiger partial charge in [-0.25, -0.2) is 9.37 Å². The van der Waals surface area contributed by atoms with Crippen LogP contribution in [0.25, 0.3) is 0 Å². The summed E-state index contributed by atoms with van der Waals surface area (Å²) in [6.45, 7) is 0. The molecule has 98 valence electrons. The first kappa shape index (κ1) is 13.0. The van der Waals surface area contributed by atoms with Crippen LogP contribution >= 0.6 is 11.6 Å². The Balaban J connectivity index is 2.34. The summed E-state index contributed by atoms with van der Waals surface area (Å²) < 4.78 is 18.7. The van der Waals surface area contributed by atoms with Crippen molar-refractivity contribution in [3.63, 3.8) is 0 Å². The van der Waals surface area contributed by atoms with E-state index in [-0.39, 0.29) is 22.5 Å². The van der Waals surface area contributed by atoms with E-state index < -0.39 is 16.4 Å². The lowest BCUT2D eigenvalue weighted by Crippen LogP contribution is -1.99. The molecule has 0 aliphatic rings. The van der Waals surface area contributed by atoms with E-state index in [4.69, 9.17) is 22.1 Å². The minimum Gasteiger partial charge on any atom is -0.434 e. The molecule has 0 bridgehead atoms. The van der Waals surface area contributed by atoms with Crippen LogP contribution in [0.15, 0.2) is 24.5 Å². The highest BCUT2D eigenvalue weighted by Crippen LogP contribution is 2.31. The highest BCUT2D eigenvalue weighted by Gasteiger charge is 2.15. The number of aromatic nitrogens is 2. The topological polar surface area (TPSA) is 104 Å². The van der Waals surface area contributed by atoms with Crippen LogP contribution in [0.1, 0.15) is 0 Å². The van der Waals surface area contributed by atoms with Gasteiger partial charge in [-0.2, -0.15) is 4.98 Å². The molecule has 0 saturated carbocycles. The van der Waals surface area contributed by atoms with Gasteiger partial charge in [-0.3, -0.25) is 10.1 Å². The van der Waals surface area contributed by atoms with Crippen LogP contribution in [-0.4, -0.2) is 14.9 Å². The molecule has 2 aromatic rings. The smallest absolute Gasteiger partial charge is 0.272 e. The highest BCUT2D eigenvalue weighted by atomic mass is 35.5. The molecule has 0 unspecified atom stereocenters. The number of ether oxygens (including phenoxy) is 1. The maximum Gasteiger partial charge on any atom is 0.272 e. The second-order valence-electron chi connectivity index (χ2n) is 3.36. The fourth-order valence-electron chi connectivity index (χ4n) is 1.23. The zero-order valence-electron chi connectivity index (χ0n) is 9.21. The Morgan fingerprint density at radius 3 is 2.79 bits per heavy atom. The summed E-state index contributed by atoms with van der Waals surface area (Å²) >= 11 is 5.65.